The monoisotopic (exact) mass is 406 g/mol. The van der Waals surface area contributed by atoms with Gasteiger partial charge in [0.15, 0.2) is 5.69 Å². The lowest BCUT2D eigenvalue weighted by Gasteiger charge is -2.10. The van der Waals surface area contributed by atoms with Gasteiger partial charge in [0.25, 0.3) is 11.3 Å². The molecule has 0 saturated heterocycles. The van der Waals surface area contributed by atoms with Crippen LogP contribution in [-0.2, 0) is 4.79 Å². The third-order valence-corrected chi connectivity index (χ3v) is 5.30. The van der Waals surface area contributed by atoms with Crippen molar-refractivity contribution in [1.82, 2.24) is 24.8 Å². The van der Waals surface area contributed by atoms with Crippen LogP contribution in [0.1, 0.15) is 11.1 Å². The number of hydrogen-bond donors (Lipinski definition) is 2. The molecular weight excluding hydrogens is 388 g/mol. The summed E-state index contributed by atoms with van der Waals surface area (Å²) in [5.41, 5.74) is 3.43. The number of carbonyl (C=O) groups excluding carboxylic acids is 1. The molecule has 0 unspecified atom stereocenters. The van der Waals surface area contributed by atoms with Crippen LogP contribution >= 0.6 is 11.8 Å². The first-order chi connectivity index (χ1) is 14.0. The Bertz CT molecular complexity index is 1230. The van der Waals surface area contributed by atoms with Gasteiger partial charge in [0, 0.05) is 11.3 Å². The van der Waals surface area contributed by atoms with E-state index in [1.54, 1.807) is 12.1 Å². The fourth-order valence-electron chi connectivity index (χ4n) is 2.93. The smallest absolute Gasteiger partial charge is 0.279 e. The number of benzene rings is 2. The Morgan fingerprint density at radius 1 is 1.07 bits per heavy atom. The van der Waals surface area contributed by atoms with Gasteiger partial charge in [0.1, 0.15) is 0 Å². The lowest BCUT2D eigenvalue weighted by Crippen LogP contribution is -2.17. The molecule has 1 amide bonds. The number of aryl methyl sites for hydroxylation is 2. The Morgan fingerprint density at radius 3 is 2.52 bits per heavy atom. The van der Waals surface area contributed by atoms with E-state index in [1.807, 2.05) is 50.2 Å². The minimum absolute atomic E-state index is 0.135. The predicted molar refractivity (Wildman–Crippen MR) is 112 cm³/mol. The highest BCUT2D eigenvalue weighted by Gasteiger charge is 2.15. The molecule has 0 fully saturated rings. The van der Waals surface area contributed by atoms with Gasteiger partial charge in [-0.3, -0.25) is 14.6 Å². The maximum atomic E-state index is 12.4. The van der Waals surface area contributed by atoms with E-state index < -0.39 is 0 Å². The molecule has 2 aromatic heterocycles. The summed E-state index contributed by atoms with van der Waals surface area (Å²) >= 11 is 1.20. The van der Waals surface area contributed by atoms with E-state index in [-0.39, 0.29) is 28.7 Å². The number of aromatic nitrogens is 5. The van der Waals surface area contributed by atoms with Gasteiger partial charge in [0.05, 0.1) is 5.75 Å². The van der Waals surface area contributed by atoms with Crippen LogP contribution in [0.15, 0.2) is 58.5 Å². The molecular formula is C20H18N6O2S. The summed E-state index contributed by atoms with van der Waals surface area (Å²) in [6.07, 6.45) is 0. The summed E-state index contributed by atoms with van der Waals surface area (Å²) in [4.78, 5) is 27.4. The second kappa shape index (κ2) is 7.88. The number of nitrogens with zero attached hydrogens (tertiary/aromatic N) is 4. The Hall–Kier alpha value is -3.46. The van der Waals surface area contributed by atoms with Gasteiger partial charge in [-0.1, -0.05) is 60.3 Å². The lowest BCUT2D eigenvalue weighted by molar-refractivity contribution is -0.113. The summed E-state index contributed by atoms with van der Waals surface area (Å²) in [6.45, 7) is 3.90. The van der Waals surface area contributed by atoms with Gasteiger partial charge >= 0.3 is 0 Å². The molecule has 4 rings (SSSR count). The molecule has 9 heteroatoms. The number of anilines is 1. The number of amides is 1. The summed E-state index contributed by atoms with van der Waals surface area (Å²) in [5.74, 6) is 0.208. The molecule has 2 aromatic carbocycles. The minimum atomic E-state index is -0.347. The van der Waals surface area contributed by atoms with E-state index in [2.05, 4.69) is 25.6 Å². The first-order valence-electron chi connectivity index (χ1n) is 8.93. The van der Waals surface area contributed by atoms with Crippen molar-refractivity contribution in [1.29, 1.82) is 0 Å². The molecule has 0 bridgehead atoms. The van der Waals surface area contributed by atoms with Crippen LogP contribution in [0.4, 0.5) is 5.69 Å². The van der Waals surface area contributed by atoms with Crippen molar-refractivity contribution in [2.45, 2.75) is 19.0 Å². The maximum Gasteiger partial charge on any atom is 0.279 e. The Kier molecular flexibility index (Phi) is 5.13. The van der Waals surface area contributed by atoms with E-state index in [0.29, 0.717) is 10.7 Å². The zero-order valence-corrected chi connectivity index (χ0v) is 16.7. The highest BCUT2D eigenvalue weighted by Crippen LogP contribution is 2.21. The molecule has 0 radical (unpaired) electrons. The third-order valence-electron chi connectivity index (χ3n) is 4.38. The van der Waals surface area contributed by atoms with Crippen LogP contribution in [0.25, 0.3) is 17.0 Å². The van der Waals surface area contributed by atoms with Crippen molar-refractivity contribution in [2.24, 2.45) is 0 Å². The van der Waals surface area contributed by atoms with Gasteiger partial charge in [0.2, 0.25) is 11.1 Å². The summed E-state index contributed by atoms with van der Waals surface area (Å²) in [6, 6.07) is 15.0. The van der Waals surface area contributed by atoms with E-state index >= 15 is 0 Å². The van der Waals surface area contributed by atoms with Gasteiger partial charge in [-0.05, 0) is 25.0 Å². The van der Waals surface area contributed by atoms with E-state index in [9.17, 15) is 9.59 Å². The Labute approximate surface area is 170 Å². The van der Waals surface area contributed by atoms with Crippen molar-refractivity contribution in [3.05, 3.63) is 70.0 Å². The van der Waals surface area contributed by atoms with Gasteiger partial charge < -0.3 is 5.32 Å². The summed E-state index contributed by atoms with van der Waals surface area (Å²) in [7, 11) is 0. The number of rotatable bonds is 5. The van der Waals surface area contributed by atoms with Gasteiger partial charge in [-0.25, -0.2) is 0 Å². The Morgan fingerprint density at radius 2 is 1.79 bits per heavy atom. The first-order valence-corrected chi connectivity index (χ1v) is 9.91. The van der Waals surface area contributed by atoms with Crippen LogP contribution in [0.5, 0.6) is 0 Å². The molecule has 0 aliphatic carbocycles. The number of H-pyrrole nitrogens is 1. The number of nitrogens with one attached hydrogen (secondary N) is 2. The largest absolute Gasteiger partial charge is 0.325 e. The van der Waals surface area contributed by atoms with Gasteiger partial charge in [-0.2, -0.15) is 9.61 Å². The first kappa shape index (κ1) is 18.9. The van der Waals surface area contributed by atoms with Crippen molar-refractivity contribution >= 4 is 29.1 Å². The minimum Gasteiger partial charge on any atom is -0.325 e. The van der Waals surface area contributed by atoms with Crippen LogP contribution in [0, 0.1) is 13.8 Å². The summed E-state index contributed by atoms with van der Waals surface area (Å²) in [5, 5.41) is 15.7. The van der Waals surface area contributed by atoms with Crippen molar-refractivity contribution < 1.29 is 4.79 Å². The van der Waals surface area contributed by atoms with Crippen molar-refractivity contribution in [3.63, 3.8) is 0 Å². The molecule has 2 heterocycles. The molecule has 8 nitrogen and oxygen atoms in total. The van der Waals surface area contributed by atoms with Crippen LogP contribution in [-0.4, -0.2) is 36.5 Å². The maximum absolute atomic E-state index is 12.4. The molecule has 0 aliphatic heterocycles. The SMILES string of the molecule is Cc1cccc(C)c1NC(=O)CSc1nnc2[nH]c(=O)c(-c3ccccc3)nn12. The number of thioether (sulfide) groups is 1. The second-order valence-corrected chi connectivity index (χ2v) is 7.43. The van der Waals surface area contributed by atoms with Crippen LogP contribution in [0.2, 0.25) is 0 Å². The lowest BCUT2D eigenvalue weighted by atomic mass is 10.1. The normalized spacial score (nSPS) is 11.0. The fourth-order valence-corrected chi connectivity index (χ4v) is 3.61. The fraction of sp³-hybridized carbons (Fsp3) is 0.150. The number of fused-ring (bicyclic) bond motifs is 1. The average Bonchev–Trinajstić information content (AvgIpc) is 3.11. The molecule has 2 N–H and O–H groups in total. The van der Waals surface area contributed by atoms with Gasteiger partial charge in [-0.15, -0.1) is 10.2 Å². The molecule has 0 aliphatic rings. The highest BCUT2D eigenvalue weighted by atomic mass is 32.2. The second-order valence-electron chi connectivity index (χ2n) is 6.49. The molecule has 0 atom stereocenters. The third kappa shape index (κ3) is 3.90. The average molecular weight is 406 g/mol. The highest BCUT2D eigenvalue weighted by molar-refractivity contribution is 7.99. The molecule has 4 aromatic rings. The van der Waals surface area contributed by atoms with E-state index in [4.69, 9.17) is 0 Å². The quantitative estimate of drug-likeness (QED) is 0.494. The summed E-state index contributed by atoms with van der Waals surface area (Å²) < 4.78 is 1.45. The topological polar surface area (TPSA) is 105 Å². The standard InChI is InChI=1S/C20H18N6O2S/c1-12-7-6-8-13(2)16(12)21-15(27)11-29-20-24-23-19-22-18(28)17(25-26(19)20)14-9-4-3-5-10-14/h3-10H,11H2,1-2H3,(H,21,27)(H,22,23,28). The number of aromatic amines is 1. The number of para-hydroxylation sites is 1. The zero-order valence-electron chi connectivity index (χ0n) is 15.8. The molecule has 146 valence electrons. The van der Waals surface area contributed by atoms with Crippen molar-refractivity contribution in [3.8, 4) is 11.3 Å². The molecule has 0 saturated carbocycles. The zero-order chi connectivity index (χ0) is 20.4. The van der Waals surface area contributed by atoms with E-state index in [1.165, 1.54) is 16.3 Å². The van der Waals surface area contributed by atoms with Crippen LogP contribution < -0.4 is 10.9 Å². The number of carbonyl (C=O) groups is 1. The number of hydrogen-bond acceptors (Lipinski definition) is 6. The molecule has 29 heavy (non-hydrogen) atoms. The van der Waals surface area contributed by atoms with Crippen molar-refractivity contribution in [2.75, 3.05) is 11.1 Å². The predicted octanol–water partition coefficient (Wildman–Crippen LogP) is 2.83. The van der Waals surface area contributed by atoms with E-state index in [0.717, 1.165) is 16.8 Å². The molecule has 0 spiro atoms. The van der Waals surface area contributed by atoms with Crippen LogP contribution in [0.3, 0.4) is 0 Å². The Balaban J connectivity index is 1.55.